The number of likely N-dealkylation sites (tertiary alicyclic amines) is 1. The van der Waals surface area contributed by atoms with E-state index >= 15 is 0 Å². The second-order valence-electron chi connectivity index (χ2n) is 4.96. The molecule has 0 saturated carbocycles. The van der Waals surface area contributed by atoms with Crippen LogP contribution in [-0.4, -0.2) is 48.3 Å². The number of nitrogens with one attached hydrogen (secondary N) is 1. The summed E-state index contributed by atoms with van der Waals surface area (Å²) in [5.41, 5.74) is 0. The van der Waals surface area contributed by atoms with Crippen molar-refractivity contribution in [3.8, 4) is 0 Å². The number of hydrogen-bond acceptors (Lipinski definition) is 6. The minimum atomic E-state index is -3.08. The van der Waals surface area contributed by atoms with Crippen molar-refractivity contribution in [2.45, 2.75) is 38.3 Å². The molecule has 1 unspecified atom stereocenters. The second-order valence-corrected chi connectivity index (χ2v) is 7.66. The predicted molar refractivity (Wildman–Crippen MR) is 75.4 cm³/mol. The first kappa shape index (κ1) is 14.8. The van der Waals surface area contributed by atoms with E-state index in [0.717, 1.165) is 25.9 Å². The maximum atomic E-state index is 11.1. The maximum Gasteiger partial charge on any atom is 0.208 e. The summed E-state index contributed by atoms with van der Waals surface area (Å²) in [6.07, 6.45) is 7.44. The highest BCUT2D eigenvalue weighted by atomic mass is 32.2. The van der Waals surface area contributed by atoms with E-state index in [1.165, 1.54) is 35.5 Å². The molecular formula is C11H20N4O2S2. The Morgan fingerprint density at radius 2 is 2.37 bits per heavy atom. The lowest BCUT2D eigenvalue weighted by Gasteiger charge is -2.35. The van der Waals surface area contributed by atoms with Gasteiger partial charge in [0.2, 0.25) is 10.0 Å². The molecular weight excluding hydrogens is 284 g/mol. The molecule has 1 aromatic heterocycles. The molecule has 108 valence electrons. The van der Waals surface area contributed by atoms with Crippen molar-refractivity contribution in [2.75, 3.05) is 19.3 Å². The first-order valence-corrected chi connectivity index (χ1v) is 9.16. The zero-order valence-corrected chi connectivity index (χ0v) is 12.7. The molecule has 2 rings (SSSR count). The Morgan fingerprint density at radius 1 is 1.53 bits per heavy atom. The van der Waals surface area contributed by atoms with Crippen LogP contribution in [0.15, 0.2) is 6.20 Å². The van der Waals surface area contributed by atoms with Crippen molar-refractivity contribution in [2.24, 2.45) is 0 Å². The molecule has 0 aliphatic carbocycles. The van der Waals surface area contributed by atoms with Gasteiger partial charge in [-0.15, -0.1) is 5.10 Å². The van der Waals surface area contributed by atoms with Crippen LogP contribution in [-0.2, 0) is 16.6 Å². The van der Waals surface area contributed by atoms with Gasteiger partial charge in [-0.2, -0.15) is 0 Å². The van der Waals surface area contributed by atoms with Gasteiger partial charge >= 0.3 is 0 Å². The van der Waals surface area contributed by atoms with Gasteiger partial charge in [0, 0.05) is 19.1 Å². The van der Waals surface area contributed by atoms with E-state index in [1.54, 1.807) is 0 Å². The predicted octanol–water partition coefficient (Wildman–Crippen LogP) is 0.832. The van der Waals surface area contributed by atoms with E-state index < -0.39 is 10.0 Å². The summed E-state index contributed by atoms with van der Waals surface area (Å²) in [5.74, 6) is 0. The minimum Gasteiger partial charge on any atom is -0.295 e. The van der Waals surface area contributed by atoms with Gasteiger partial charge in [0.25, 0.3) is 0 Å². The Bertz CT molecular complexity index is 475. The average molecular weight is 304 g/mol. The summed E-state index contributed by atoms with van der Waals surface area (Å²) in [5, 5.41) is 3.86. The molecule has 1 fully saturated rings. The quantitative estimate of drug-likeness (QED) is 0.842. The third-order valence-electron chi connectivity index (χ3n) is 3.36. The lowest BCUT2D eigenvalue weighted by molar-refractivity contribution is 0.134. The standard InChI is InChI=1S/C11H20N4O2S2/c1-19(16,17)13-6-5-10-4-2-3-7-15(10)9-11-8-12-14-18-11/h8,10,13H,2-7,9H2,1H3. The van der Waals surface area contributed by atoms with Crippen molar-refractivity contribution in [3.63, 3.8) is 0 Å². The molecule has 0 amide bonds. The van der Waals surface area contributed by atoms with E-state index in [-0.39, 0.29) is 0 Å². The van der Waals surface area contributed by atoms with Crippen LogP contribution in [0.5, 0.6) is 0 Å². The van der Waals surface area contributed by atoms with E-state index in [1.807, 2.05) is 6.20 Å². The normalized spacial score (nSPS) is 21.6. The summed E-state index contributed by atoms with van der Waals surface area (Å²) >= 11 is 1.43. The van der Waals surface area contributed by atoms with Crippen molar-refractivity contribution >= 4 is 21.6 Å². The van der Waals surface area contributed by atoms with E-state index in [9.17, 15) is 8.42 Å². The molecule has 1 N–H and O–H groups in total. The largest absolute Gasteiger partial charge is 0.295 e. The third-order valence-corrected chi connectivity index (χ3v) is 4.73. The monoisotopic (exact) mass is 304 g/mol. The molecule has 1 aromatic rings. The number of rotatable bonds is 6. The van der Waals surface area contributed by atoms with Gasteiger partial charge in [-0.25, -0.2) is 13.1 Å². The van der Waals surface area contributed by atoms with Crippen molar-refractivity contribution in [1.29, 1.82) is 0 Å². The molecule has 0 bridgehead atoms. The fraction of sp³-hybridized carbons (Fsp3) is 0.818. The van der Waals surface area contributed by atoms with Crippen LogP contribution in [0.4, 0.5) is 0 Å². The van der Waals surface area contributed by atoms with Gasteiger partial charge in [-0.1, -0.05) is 10.9 Å². The first-order valence-electron chi connectivity index (χ1n) is 6.49. The lowest BCUT2D eigenvalue weighted by atomic mass is 9.99. The Kier molecular flexibility index (Phi) is 5.26. The number of aromatic nitrogens is 2. The summed E-state index contributed by atoms with van der Waals surface area (Å²) in [6.45, 7) is 2.46. The highest BCUT2D eigenvalue weighted by Crippen LogP contribution is 2.22. The van der Waals surface area contributed by atoms with Gasteiger partial charge in [0.05, 0.1) is 17.3 Å². The maximum absolute atomic E-state index is 11.1. The van der Waals surface area contributed by atoms with Crippen molar-refractivity contribution in [1.82, 2.24) is 19.2 Å². The van der Waals surface area contributed by atoms with Gasteiger partial charge in [-0.05, 0) is 37.3 Å². The molecule has 0 radical (unpaired) electrons. The van der Waals surface area contributed by atoms with Gasteiger partial charge < -0.3 is 0 Å². The molecule has 6 nitrogen and oxygen atoms in total. The van der Waals surface area contributed by atoms with Gasteiger partial charge in [0.15, 0.2) is 0 Å². The molecule has 1 aliphatic rings. The number of sulfonamides is 1. The molecule has 1 aliphatic heterocycles. The fourth-order valence-corrected chi connectivity index (χ4v) is 3.47. The van der Waals surface area contributed by atoms with E-state index in [2.05, 4.69) is 19.2 Å². The molecule has 0 aromatic carbocycles. The second kappa shape index (κ2) is 6.74. The fourth-order valence-electron chi connectivity index (χ4n) is 2.46. The van der Waals surface area contributed by atoms with Crippen LogP contribution in [0, 0.1) is 0 Å². The number of hydrogen-bond donors (Lipinski definition) is 1. The first-order chi connectivity index (χ1) is 9.04. The van der Waals surface area contributed by atoms with Crippen LogP contribution in [0.2, 0.25) is 0 Å². The lowest BCUT2D eigenvalue weighted by Crippen LogP contribution is -2.40. The Labute approximate surface area is 118 Å². The Hall–Kier alpha value is -0.570. The zero-order chi connectivity index (χ0) is 13.7. The van der Waals surface area contributed by atoms with Crippen molar-refractivity contribution < 1.29 is 8.42 Å². The molecule has 2 heterocycles. The summed E-state index contributed by atoms with van der Waals surface area (Å²) in [6, 6.07) is 0.449. The van der Waals surface area contributed by atoms with Crippen molar-refractivity contribution in [3.05, 3.63) is 11.1 Å². The SMILES string of the molecule is CS(=O)(=O)NCCC1CCCCN1Cc1cnns1. The van der Waals surface area contributed by atoms with E-state index in [0.29, 0.717) is 12.6 Å². The average Bonchev–Trinajstić information content (AvgIpc) is 2.82. The highest BCUT2D eigenvalue weighted by Gasteiger charge is 2.22. The summed E-state index contributed by atoms with van der Waals surface area (Å²) in [4.78, 5) is 3.59. The molecule has 1 saturated heterocycles. The van der Waals surface area contributed by atoms with Crippen LogP contribution in [0.1, 0.15) is 30.6 Å². The Morgan fingerprint density at radius 3 is 3.05 bits per heavy atom. The molecule has 19 heavy (non-hydrogen) atoms. The zero-order valence-electron chi connectivity index (χ0n) is 11.1. The number of piperidine rings is 1. The minimum absolute atomic E-state index is 0.449. The topological polar surface area (TPSA) is 75.2 Å². The highest BCUT2D eigenvalue weighted by molar-refractivity contribution is 7.88. The summed E-state index contributed by atoms with van der Waals surface area (Å²) in [7, 11) is -3.08. The Balaban J connectivity index is 1.85. The van der Waals surface area contributed by atoms with Gasteiger partial charge in [0.1, 0.15) is 0 Å². The molecule has 1 atom stereocenters. The van der Waals surface area contributed by atoms with E-state index in [4.69, 9.17) is 0 Å². The van der Waals surface area contributed by atoms with Crippen LogP contribution in [0.25, 0.3) is 0 Å². The molecule has 0 spiro atoms. The third kappa shape index (κ3) is 5.13. The van der Waals surface area contributed by atoms with Crippen LogP contribution >= 0.6 is 11.5 Å². The molecule has 8 heteroatoms. The van der Waals surface area contributed by atoms with Crippen LogP contribution in [0.3, 0.4) is 0 Å². The van der Waals surface area contributed by atoms with Crippen LogP contribution < -0.4 is 4.72 Å². The van der Waals surface area contributed by atoms with Gasteiger partial charge in [-0.3, -0.25) is 4.90 Å². The smallest absolute Gasteiger partial charge is 0.208 e. The summed E-state index contributed by atoms with van der Waals surface area (Å²) < 4.78 is 28.6. The number of nitrogens with zero attached hydrogens (tertiary/aromatic N) is 3.